The third-order valence-electron chi connectivity index (χ3n) is 2.56. The smallest absolute Gasteiger partial charge is 0.365 e. The predicted octanol–water partition coefficient (Wildman–Crippen LogP) is -0.488. The molecule has 11 heteroatoms. The lowest BCUT2D eigenvalue weighted by atomic mass is 10.5. The standard InChI is InChI=1S/C10H24N2O7Si2/c1-7-9(13)11-20(15-3,12-10(14)8-2)19-21(16-4,17-5)18-6/h7-8H2,1-6H3,(H,11,13)(H,12,14). The van der Waals surface area contributed by atoms with Crippen LogP contribution in [0, 0.1) is 0 Å². The molecule has 9 nitrogen and oxygen atoms in total. The number of hydrogen-bond acceptors (Lipinski definition) is 7. The summed E-state index contributed by atoms with van der Waals surface area (Å²) in [5.74, 6) is -0.683. The van der Waals surface area contributed by atoms with Crippen molar-refractivity contribution in [1.29, 1.82) is 0 Å². The Morgan fingerprint density at radius 3 is 1.43 bits per heavy atom. The molecule has 0 spiro atoms. The van der Waals surface area contributed by atoms with Crippen molar-refractivity contribution in [2.24, 2.45) is 0 Å². The number of hydrogen-bond donors (Lipinski definition) is 2. The van der Waals surface area contributed by atoms with Crippen molar-refractivity contribution >= 4 is 29.7 Å². The molecular formula is C10H24N2O7Si2. The summed E-state index contributed by atoms with van der Waals surface area (Å²) in [5, 5.41) is 0. The second-order valence-electron chi connectivity index (χ2n) is 3.84. The molecule has 0 aliphatic carbocycles. The number of carbonyl (C=O) groups is 2. The minimum absolute atomic E-state index is 0.199. The van der Waals surface area contributed by atoms with E-state index >= 15 is 0 Å². The number of amides is 2. The van der Waals surface area contributed by atoms with Crippen molar-refractivity contribution in [2.75, 3.05) is 28.4 Å². The lowest BCUT2D eigenvalue weighted by Crippen LogP contribution is -2.74. The predicted molar refractivity (Wildman–Crippen MR) is 77.5 cm³/mol. The van der Waals surface area contributed by atoms with E-state index in [1.54, 1.807) is 13.8 Å². The van der Waals surface area contributed by atoms with Crippen LogP contribution in [-0.4, -0.2) is 58.2 Å². The summed E-state index contributed by atoms with van der Waals surface area (Å²) in [5.41, 5.74) is 0. The molecule has 0 fully saturated rings. The van der Waals surface area contributed by atoms with Crippen molar-refractivity contribution in [3.63, 3.8) is 0 Å². The van der Waals surface area contributed by atoms with Gasteiger partial charge < -0.3 is 31.8 Å². The van der Waals surface area contributed by atoms with Crippen molar-refractivity contribution in [3.8, 4) is 0 Å². The van der Waals surface area contributed by atoms with Crippen LogP contribution in [0.4, 0.5) is 0 Å². The van der Waals surface area contributed by atoms with E-state index in [1.165, 1.54) is 28.4 Å². The first kappa shape index (κ1) is 20.2. The molecule has 0 bridgehead atoms. The normalized spacial score (nSPS) is 12.1. The second-order valence-corrected chi connectivity index (χ2v) is 9.02. The monoisotopic (exact) mass is 340 g/mol. The molecule has 0 unspecified atom stereocenters. The van der Waals surface area contributed by atoms with E-state index in [1.807, 2.05) is 0 Å². The largest absolute Gasteiger partial charge is 0.672 e. The molecule has 0 aromatic heterocycles. The molecule has 0 saturated heterocycles. The van der Waals surface area contributed by atoms with Gasteiger partial charge in [-0.25, -0.2) is 0 Å². The molecule has 0 aliphatic rings. The van der Waals surface area contributed by atoms with E-state index in [-0.39, 0.29) is 24.7 Å². The molecule has 124 valence electrons. The Morgan fingerprint density at radius 1 is 0.810 bits per heavy atom. The lowest BCUT2D eigenvalue weighted by molar-refractivity contribution is -0.121. The molecule has 2 amide bonds. The second kappa shape index (κ2) is 9.24. The Bertz CT molecular complexity index is 326. The van der Waals surface area contributed by atoms with Gasteiger partial charge >= 0.3 is 17.9 Å². The summed E-state index contributed by atoms with van der Waals surface area (Å²) in [6, 6.07) is 0. The van der Waals surface area contributed by atoms with Gasteiger partial charge in [-0.3, -0.25) is 9.59 Å². The zero-order valence-corrected chi connectivity index (χ0v) is 15.3. The van der Waals surface area contributed by atoms with Gasteiger partial charge in [0.25, 0.3) is 0 Å². The molecule has 0 atom stereocenters. The number of carbonyl (C=O) groups excluding carboxylic acids is 2. The Morgan fingerprint density at radius 2 is 1.19 bits per heavy atom. The summed E-state index contributed by atoms with van der Waals surface area (Å²) in [4.78, 5) is 28.6. The van der Waals surface area contributed by atoms with Gasteiger partial charge in [0.2, 0.25) is 11.8 Å². The van der Waals surface area contributed by atoms with Gasteiger partial charge in [0.1, 0.15) is 0 Å². The quantitative estimate of drug-likeness (QED) is 0.517. The van der Waals surface area contributed by atoms with Gasteiger partial charge in [-0.15, -0.1) is 0 Å². The van der Waals surface area contributed by atoms with Crippen molar-refractivity contribution in [2.45, 2.75) is 26.7 Å². The van der Waals surface area contributed by atoms with E-state index in [4.69, 9.17) is 21.8 Å². The zero-order valence-electron chi connectivity index (χ0n) is 13.3. The minimum atomic E-state index is -3.65. The van der Waals surface area contributed by atoms with Gasteiger partial charge in [0.05, 0.1) is 0 Å². The van der Waals surface area contributed by atoms with E-state index in [0.717, 1.165) is 0 Å². The first-order valence-corrected chi connectivity index (χ1v) is 9.84. The highest BCUT2D eigenvalue weighted by Gasteiger charge is 2.56. The van der Waals surface area contributed by atoms with Crippen molar-refractivity contribution in [3.05, 3.63) is 0 Å². The van der Waals surface area contributed by atoms with E-state index in [9.17, 15) is 9.59 Å². The fourth-order valence-electron chi connectivity index (χ4n) is 1.32. The first-order chi connectivity index (χ1) is 9.86. The van der Waals surface area contributed by atoms with Crippen LogP contribution < -0.4 is 9.96 Å². The molecule has 0 saturated carbocycles. The maximum Gasteiger partial charge on any atom is 0.672 e. The average molecular weight is 340 g/mol. The van der Waals surface area contributed by atoms with Crippen LogP contribution in [0.25, 0.3) is 0 Å². The Hall–Kier alpha value is -0.826. The molecule has 0 aromatic rings. The average Bonchev–Trinajstić information content (AvgIpc) is 2.52. The third kappa shape index (κ3) is 5.82. The van der Waals surface area contributed by atoms with Crippen LogP contribution in [0.15, 0.2) is 0 Å². The topological polar surface area (TPSA) is 104 Å². The van der Waals surface area contributed by atoms with Crippen molar-refractivity contribution < 1.29 is 31.4 Å². The maximum absolute atomic E-state index is 11.7. The Labute approximate surface area is 127 Å². The third-order valence-corrected chi connectivity index (χ3v) is 8.00. The van der Waals surface area contributed by atoms with Gasteiger partial charge in [-0.05, 0) is 0 Å². The molecule has 21 heavy (non-hydrogen) atoms. The fourth-order valence-corrected chi connectivity index (χ4v) is 6.33. The van der Waals surface area contributed by atoms with E-state index in [2.05, 4.69) is 9.96 Å². The summed E-state index contributed by atoms with van der Waals surface area (Å²) in [6.07, 6.45) is 0.399. The number of nitrogens with one attached hydrogen (secondary N) is 2. The van der Waals surface area contributed by atoms with Crippen LogP contribution in [0.2, 0.25) is 0 Å². The molecule has 0 heterocycles. The van der Waals surface area contributed by atoms with Gasteiger partial charge in [0.15, 0.2) is 0 Å². The SMILES string of the molecule is CCC(=O)N[Si](NC(=O)CC)(OC)O[Si](OC)(OC)OC. The van der Waals surface area contributed by atoms with Crippen LogP contribution in [0.1, 0.15) is 26.7 Å². The first-order valence-electron chi connectivity index (χ1n) is 6.39. The maximum atomic E-state index is 11.7. The summed E-state index contributed by atoms with van der Waals surface area (Å²) < 4.78 is 26.4. The minimum Gasteiger partial charge on any atom is -0.365 e. The highest BCUT2D eigenvalue weighted by molar-refractivity contribution is 6.75. The highest BCUT2D eigenvalue weighted by Crippen LogP contribution is 2.14. The molecule has 0 radical (unpaired) electrons. The molecular weight excluding hydrogens is 316 g/mol. The summed E-state index contributed by atoms with van der Waals surface area (Å²) in [7, 11) is -1.82. The van der Waals surface area contributed by atoms with Gasteiger partial charge in [-0.2, -0.15) is 0 Å². The Balaban J connectivity index is 5.43. The molecule has 0 aromatic carbocycles. The van der Waals surface area contributed by atoms with Gasteiger partial charge in [0, 0.05) is 41.3 Å². The summed E-state index contributed by atoms with van der Waals surface area (Å²) in [6.45, 7) is 3.33. The molecule has 2 N–H and O–H groups in total. The van der Waals surface area contributed by atoms with Crippen molar-refractivity contribution in [1.82, 2.24) is 9.96 Å². The zero-order chi connectivity index (χ0) is 16.5. The van der Waals surface area contributed by atoms with Crippen LogP contribution in [-0.2, 0) is 31.4 Å². The Kier molecular flexibility index (Phi) is 8.88. The van der Waals surface area contributed by atoms with E-state index in [0.29, 0.717) is 0 Å². The lowest BCUT2D eigenvalue weighted by Gasteiger charge is -2.34. The van der Waals surface area contributed by atoms with Crippen LogP contribution >= 0.6 is 0 Å². The highest BCUT2D eigenvalue weighted by atomic mass is 28.5. The van der Waals surface area contributed by atoms with E-state index < -0.39 is 17.9 Å². The molecule has 0 rings (SSSR count). The number of rotatable bonds is 10. The summed E-state index contributed by atoms with van der Waals surface area (Å²) >= 11 is 0. The van der Waals surface area contributed by atoms with Gasteiger partial charge in [-0.1, -0.05) is 13.8 Å². The molecule has 0 aliphatic heterocycles. The van der Waals surface area contributed by atoms with Crippen LogP contribution in [0.5, 0.6) is 0 Å². The van der Waals surface area contributed by atoms with Crippen LogP contribution in [0.3, 0.4) is 0 Å². The fraction of sp³-hybridized carbons (Fsp3) is 0.800.